The number of hydrogen-bond acceptors (Lipinski definition) is 7. The summed E-state index contributed by atoms with van der Waals surface area (Å²) in [5.41, 5.74) is 2.21. The first-order valence-corrected chi connectivity index (χ1v) is 14.1. The van der Waals surface area contributed by atoms with Gasteiger partial charge in [-0.15, -0.1) is 22.7 Å². The molecule has 3 aromatic rings. The molecule has 0 aliphatic carbocycles. The standard InChI is InChI=1S/C27H27N5O3S2/c33-24-4-2-12-31(24)14-17-5-7-18(8-6-17)22-13-29-26(37-22)19-15-32(16-19)27(35)21-9-10-23(36-21)30-25(34)20-3-1-11-28-20/h2,4-10,13,19-20,28H,1,3,11-12,14-16H2,(H,30,34)/t20-/m0/s1. The van der Waals surface area contributed by atoms with Gasteiger partial charge in [0.15, 0.2) is 0 Å². The molecular formula is C27H27N5O3S2. The van der Waals surface area contributed by atoms with Crippen molar-refractivity contribution in [2.45, 2.75) is 31.3 Å². The zero-order valence-corrected chi connectivity index (χ0v) is 21.8. The third-order valence-corrected chi connectivity index (χ3v) is 9.19. The van der Waals surface area contributed by atoms with Gasteiger partial charge in [-0.1, -0.05) is 30.3 Å². The number of hydrogen-bond donors (Lipinski definition) is 2. The van der Waals surface area contributed by atoms with E-state index in [9.17, 15) is 14.4 Å². The Morgan fingerprint density at radius 2 is 1.95 bits per heavy atom. The summed E-state index contributed by atoms with van der Waals surface area (Å²) in [6.07, 6.45) is 7.27. The minimum Gasteiger partial charge on any atom is -0.336 e. The predicted octanol–water partition coefficient (Wildman–Crippen LogP) is 3.70. The summed E-state index contributed by atoms with van der Waals surface area (Å²) in [5, 5.41) is 7.87. The number of nitrogens with one attached hydrogen (secondary N) is 2. The van der Waals surface area contributed by atoms with Crippen LogP contribution in [0.5, 0.6) is 0 Å². The second kappa shape index (κ2) is 10.2. The van der Waals surface area contributed by atoms with Crippen LogP contribution in [0.3, 0.4) is 0 Å². The van der Waals surface area contributed by atoms with Gasteiger partial charge in [-0.3, -0.25) is 14.4 Å². The molecule has 6 rings (SSSR count). The molecule has 2 saturated heterocycles. The van der Waals surface area contributed by atoms with E-state index in [0.29, 0.717) is 36.1 Å². The van der Waals surface area contributed by atoms with Crippen molar-refractivity contribution in [3.05, 3.63) is 70.2 Å². The second-order valence-electron chi connectivity index (χ2n) is 9.59. The highest BCUT2D eigenvalue weighted by Gasteiger charge is 2.35. The molecule has 8 nitrogen and oxygen atoms in total. The third kappa shape index (κ3) is 5.09. The molecule has 1 atom stereocenters. The molecule has 5 heterocycles. The number of thiophene rings is 1. The minimum absolute atomic E-state index is 0.000192. The molecule has 1 aromatic carbocycles. The third-order valence-electron chi connectivity index (χ3n) is 6.99. The van der Waals surface area contributed by atoms with E-state index in [0.717, 1.165) is 40.4 Å². The van der Waals surface area contributed by atoms with E-state index in [1.165, 1.54) is 11.3 Å². The van der Waals surface area contributed by atoms with Gasteiger partial charge in [-0.05, 0) is 42.6 Å². The Labute approximate surface area is 223 Å². The first-order valence-electron chi connectivity index (χ1n) is 12.5. The van der Waals surface area contributed by atoms with Crippen molar-refractivity contribution < 1.29 is 14.4 Å². The lowest BCUT2D eigenvalue weighted by molar-refractivity contribution is -0.125. The normalized spacial score (nSPS) is 19.5. The van der Waals surface area contributed by atoms with Gasteiger partial charge in [0, 0.05) is 44.4 Å². The molecule has 3 aliphatic heterocycles. The second-order valence-corrected chi connectivity index (χ2v) is 11.7. The Bertz CT molecular complexity index is 1350. The van der Waals surface area contributed by atoms with Crippen LogP contribution in [0.1, 0.15) is 39.0 Å². The van der Waals surface area contributed by atoms with E-state index in [2.05, 4.69) is 39.9 Å². The summed E-state index contributed by atoms with van der Waals surface area (Å²) >= 11 is 2.99. The maximum Gasteiger partial charge on any atom is 0.264 e. The van der Waals surface area contributed by atoms with E-state index >= 15 is 0 Å². The van der Waals surface area contributed by atoms with Crippen molar-refractivity contribution in [3.63, 3.8) is 0 Å². The highest BCUT2D eigenvalue weighted by atomic mass is 32.1. The predicted molar refractivity (Wildman–Crippen MR) is 145 cm³/mol. The van der Waals surface area contributed by atoms with E-state index in [4.69, 9.17) is 0 Å². The number of carbonyl (C=O) groups excluding carboxylic acids is 3. The summed E-state index contributed by atoms with van der Waals surface area (Å²) in [5.74, 6) is 0.269. The fourth-order valence-corrected chi connectivity index (χ4v) is 6.70. The minimum atomic E-state index is -0.142. The van der Waals surface area contributed by atoms with Crippen molar-refractivity contribution in [1.82, 2.24) is 20.1 Å². The van der Waals surface area contributed by atoms with Gasteiger partial charge >= 0.3 is 0 Å². The molecule has 0 radical (unpaired) electrons. The number of carbonyl (C=O) groups is 3. The Morgan fingerprint density at radius 1 is 1.11 bits per heavy atom. The molecule has 0 saturated carbocycles. The Morgan fingerprint density at radius 3 is 2.68 bits per heavy atom. The van der Waals surface area contributed by atoms with Crippen LogP contribution in [0.4, 0.5) is 5.00 Å². The number of anilines is 1. The summed E-state index contributed by atoms with van der Waals surface area (Å²) in [6, 6.07) is 11.7. The summed E-state index contributed by atoms with van der Waals surface area (Å²) in [6.45, 7) is 3.45. The van der Waals surface area contributed by atoms with Gasteiger partial charge in [0.25, 0.3) is 5.91 Å². The number of aromatic nitrogens is 1. The number of amides is 3. The molecule has 0 spiro atoms. The van der Waals surface area contributed by atoms with Crippen LogP contribution in [0.25, 0.3) is 10.4 Å². The van der Waals surface area contributed by atoms with Crippen LogP contribution >= 0.6 is 22.7 Å². The fraction of sp³-hybridized carbons (Fsp3) is 0.333. The molecule has 2 aromatic heterocycles. The number of benzene rings is 1. The fourth-order valence-electron chi connectivity index (χ4n) is 4.82. The van der Waals surface area contributed by atoms with Gasteiger partial charge < -0.3 is 20.4 Å². The van der Waals surface area contributed by atoms with Crippen molar-refractivity contribution in [1.29, 1.82) is 0 Å². The van der Waals surface area contributed by atoms with Crippen LogP contribution in [-0.4, -0.2) is 64.7 Å². The molecule has 3 aliphatic rings. The molecule has 2 N–H and O–H groups in total. The van der Waals surface area contributed by atoms with Gasteiger partial charge in [0.2, 0.25) is 11.8 Å². The Kier molecular flexibility index (Phi) is 6.62. The first kappa shape index (κ1) is 24.0. The number of likely N-dealkylation sites (tertiary alicyclic amines) is 1. The van der Waals surface area contributed by atoms with E-state index in [1.807, 2.05) is 22.1 Å². The smallest absolute Gasteiger partial charge is 0.264 e. The van der Waals surface area contributed by atoms with E-state index in [-0.39, 0.29) is 29.7 Å². The van der Waals surface area contributed by atoms with Crippen molar-refractivity contribution in [2.75, 3.05) is 31.5 Å². The quantitative estimate of drug-likeness (QED) is 0.483. The molecule has 37 heavy (non-hydrogen) atoms. The van der Waals surface area contributed by atoms with E-state index < -0.39 is 0 Å². The van der Waals surface area contributed by atoms with Crippen LogP contribution in [0, 0.1) is 0 Å². The number of rotatable bonds is 7. The van der Waals surface area contributed by atoms with Crippen LogP contribution in [0.15, 0.2) is 54.7 Å². The first-order chi connectivity index (χ1) is 18.0. The van der Waals surface area contributed by atoms with Gasteiger partial charge in [0.05, 0.1) is 25.8 Å². The molecular weight excluding hydrogens is 506 g/mol. The maximum atomic E-state index is 12.9. The Hall–Kier alpha value is -3.34. The lowest BCUT2D eigenvalue weighted by Crippen LogP contribution is -2.48. The van der Waals surface area contributed by atoms with Crippen molar-refractivity contribution >= 4 is 45.4 Å². The largest absolute Gasteiger partial charge is 0.336 e. The van der Waals surface area contributed by atoms with Crippen molar-refractivity contribution in [3.8, 4) is 10.4 Å². The zero-order valence-electron chi connectivity index (χ0n) is 20.2. The monoisotopic (exact) mass is 533 g/mol. The summed E-state index contributed by atoms with van der Waals surface area (Å²) < 4.78 is 0. The van der Waals surface area contributed by atoms with Crippen LogP contribution < -0.4 is 10.6 Å². The highest BCUT2D eigenvalue weighted by molar-refractivity contribution is 7.18. The lowest BCUT2D eigenvalue weighted by atomic mass is 10.0. The summed E-state index contributed by atoms with van der Waals surface area (Å²) in [7, 11) is 0. The number of nitrogens with zero attached hydrogens (tertiary/aromatic N) is 3. The molecule has 190 valence electrons. The number of thiazole rings is 1. The van der Waals surface area contributed by atoms with Gasteiger partial charge in [-0.2, -0.15) is 0 Å². The lowest BCUT2D eigenvalue weighted by Gasteiger charge is -2.37. The van der Waals surface area contributed by atoms with E-state index in [1.54, 1.807) is 29.5 Å². The van der Waals surface area contributed by atoms with Gasteiger partial charge in [-0.25, -0.2) is 4.98 Å². The molecule has 0 bridgehead atoms. The SMILES string of the molecule is O=C(Nc1ccc(C(=O)N2CC(c3ncc(-c4ccc(CN5CC=CC5=O)cc4)s3)C2)s1)[C@@H]1CCCN1. The highest BCUT2D eigenvalue weighted by Crippen LogP contribution is 2.36. The van der Waals surface area contributed by atoms with Crippen LogP contribution in [-0.2, 0) is 16.1 Å². The van der Waals surface area contributed by atoms with Gasteiger partial charge in [0.1, 0.15) is 0 Å². The average molecular weight is 534 g/mol. The van der Waals surface area contributed by atoms with Crippen molar-refractivity contribution in [2.24, 2.45) is 0 Å². The topological polar surface area (TPSA) is 94.6 Å². The van der Waals surface area contributed by atoms with Crippen LogP contribution in [0.2, 0.25) is 0 Å². The molecule has 0 unspecified atom stereocenters. The average Bonchev–Trinajstić information content (AvgIpc) is 3.68. The summed E-state index contributed by atoms with van der Waals surface area (Å²) in [4.78, 5) is 47.1. The molecule has 3 amide bonds. The zero-order chi connectivity index (χ0) is 25.4. The maximum absolute atomic E-state index is 12.9. The Balaban J connectivity index is 1.02. The molecule has 10 heteroatoms. The molecule has 2 fully saturated rings.